The van der Waals surface area contributed by atoms with Gasteiger partial charge in [0.1, 0.15) is 0 Å². The summed E-state index contributed by atoms with van der Waals surface area (Å²) in [4.78, 5) is 15.0. The maximum atomic E-state index is 12.6. The predicted molar refractivity (Wildman–Crippen MR) is 116 cm³/mol. The van der Waals surface area contributed by atoms with Crippen LogP contribution in [0.1, 0.15) is 39.0 Å². The first-order valence-electron chi connectivity index (χ1n) is 9.90. The SMILES string of the molecule is Cc1cc(C)cc(NC(=O)c2ccc(CN3CCCc4ccccc43)cc2)c1. The van der Waals surface area contributed by atoms with Crippen molar-refractivity contribution in [3.05, 3.63) is 94.5 Å². The molecule has 3 nitrogen and oxygen atoms in total. The minimum absolute atomic E-state index is 0.0696. The van der Waals surface area contributed by atoms with Crippen LogP contribution in [-0.4, -0.2) is 12.5 Å². The number of fused-ring (bicyclic) bond motifs is 1. The standard InChI is InChI=1S/C25H26N2O/c1-18-14-19(2)16-23(15-18)26-25(28)22-11-9-20(10-12-22)17-27-13-5-7-21-6-3-4-8-24(21)27/h3-4,6,8-12,14-16H,5,7,13,17H2,1-2H3,(H,26,28). The lowest BCUT2D eigenvalue weighted by Crippen LogP contribution is -2.28. The summed E-state index contributed by atoms with van der Waals surface area (Å²) in [5.41, 5.74) is 7.81. The summed E-state index contributed by atoms with van der Waals surface area (Å²) in [6, 6.07) is 22.7. The van der Waals surface area contributed by atoms with Crippen LogP contribution in [0.4, 0.5) is 11.4 Å². The van der Waals surface area contributed by atoms with E-state index in [2.05, 4.69) is 52.7 Å². The lowest BCUT2D eigenvalue weighted by molar-refractivity contribution is 0.102. The summed E-state index contributed by atoms with van der Waals surface area (Å²) in [6.07, 6.45) is 2.34. The lowest BCUT2D eigenvalue weighted by atomic mass is 10.0. The number of rotatable bonds is 4. The molecule has 0 aliphatic carbocycles. The van der Waals surface area contributed by atoms with Gasteiger partial charge in [0, 0.05) is 30.0 Å². The third-order valence-corrected chi connectivity index (χ3v) is 5.28. The molecular formula is C25H26N2O. The number of nitrogens with zero attached hydrogens (tertiary/aromatic N) is 1. The summed E-state index contributed by atoms with van der Waals surface area (Å²) in [5, 5.41) is 3.00. The maximum Gasteiger partial charge on any atom is 0.255 e. The highest BCUT2D eigenvalue weighted by Gasteiger charge is 2.16. The highest BCUT2D eigenvalue weighted by atomic mass is 16.1. The van der Waals surface area contributed by atoms with Crippen LogP contribution in [0.15, 0.2) is 66.7 Å². The van der Waals surface area contributed by atoms with Gasteiger partial charge in [-0.3, -0.25) is 4.79 Å². The first-order valence-corrected chi connectivity index (χ1v) is 9.90. The van der Waals surface area contributed by atoms with Crippen LogP contribution in [0.5, 0.6) is 0 Å². The molecule has 0 unspecified atom stereocenters. The minimum Gasteiger partial charge on any atom is -0.367 e. The number of anilines is 2. The number of para-hydroxylation sites is 1. The number of amides is 1. The molecule has 0 fully saturated rings. The van der Waals surface area contributed by atoms with Crippen molar-refractivity contribution in [1.82, 2.24) is 0 Å². The average Bonchev–Trinajstić information content (AvgIpc) is 2.68. The molecule has 0 bridgehead atoms. The summed E-state index contributed by atoms with van der Waals surface area (Å²) < 4.78 is 0. The number of carbonyl (C=O) groups excluding carboxylic acids is 1. The second-order valence-electron chi connectivity index (χ2n) is 7.68. The first-order chi connectivity index (χ1) is 13.6. The van der Waals surface area contributed by atoms with Gasteiger partial charge in [-0.05, 0) is 79.3 Å². The Hall–Kier alpha value is -3.07. The topological polar surface area (TPSA) is 32.3 Å². The number of nitrogens with one attached hydrogen (secondary N) is 1. The quantitative estimate of drug-likeness (QED) is 0.657. The maximum absolute atomic E-state index is 12.6. The molecule has 3 aromatic rings. The van der Waals surface area contributed by atoms with E-state index in [4.69, 9.17) is 0 Å². The third-order valence-electron chi connectivity index (χ3n) is 5.28. The van der Waals surface area contributed by atoms with Crippen LogP contribution in [0.25, 0.3) is 0 Å². The van der Waals surface area contributed by atoms with Crippen molar-refractivity contribution >= 4 is 17.3 Å². The normalized spacial score (nSPS) is 13.1. The van der Waals surface area contributed by atoms with E-state index in [0.29, 0.717) is 5.56 Å². The lowest BCUT2D eigenvalue weighted by Gasteiger charge is -2.31. The number of benzene rings is 3. The molecule has 4 rings (SSSR count). The summed E-state index contributed by atoms with van der Waals surface area (Å²) in [7, 11) is 0. The van der Waals surface area contributed by atoms with Crippen LogP contribution in [0.2, 0.25) is 0 Å². The molecule has 0 saturated carbocycles. The van der Waals surface area contributed by atoms with E-state index in [1.165, 1.54) is 23.2 Å². The minimum atomic E-state index is -0.0696. The smallest absolute Gasteiger partial charge is 0.255 e. The molecule has 0 atom stereocenters. The first kappa shape index (κ1) is 18.3. The van der Waals surface area contributed by atoms with Gasteiger partial charge < -0.3 is 10.2 Å². The van der Waals surface area contributed by atoms with Crippen molar-refractivity contribution in [2.45, 2.75) is 33.2 Å². The van der Waals surface area contributed by atoms with Crippen molar-refractivity contribution in [3.63, 3.8) is 0 Å². The Labute approximate surface area is 167 Å². The average molecular weight is 370 g/mol. The van der Waals surface area contributed by atoms with Gasteiger partial charge in [-0.25, -0.2) is 0 Å². The highest BCUT2D eigenvalue weighted by molar-refractivity contribution is 6.04. The summed E-state index contributed by atoms with van der Waals surface area (Å²) >= 11 is 0. The number of hydrogen-bond donors (Lipinski definition) is 1. The van der Waals surface area contributed by atoms with E-state index in [-0.39, 0.29) is 5.91 Å². The van der Waals surface area contributed by atoms with Gasteiger partial charge in [-0.2, -0.15) is 0 Å². The van der Waals surface area contributed by atoms with Crippen molar-refractivity contribution in [2.24, 2.45) is 0 Å². The van der Waals surface area contributed by atoms with Gasteiger partial charge in [0.25, 0.3) is 5.91 Å². The summed E-state index contributed by atoms with van der Waals surface area (Å²) in [6.45, 7) is 6.02. The second kappa shape index (κ2) is 7.89. The molecular weight excluding hydrogens is 344 g/mol. The zero-order valence-corrected chi connectivity index (χ0v) is 16.5. The van der Waals surface area contributed by atoms with Gasteiger partial charge in [-0.1, -0.05) is 36.4 Å². The van der Waals surface area contributed by atoms with Crippen LogP contribution in [0, 0.1) is 13.8 Å². The fourth-order valence-corrected chi connectivity index (χ4v) is 4.01. The van der Waals surface area contributed by atoms with Crippen molar-refractivity contribution in [2.75, 3.05) is 16.8 Å². The Bertz CT molecular complexity index is 971. The molecule has 0 saturated heterocycles. The number of hydrogen-bond acceptors (Lipinski definition) is 2. The van der Waals surface area contributed by atoms with Gasteiger partial charge in [-0.15, -0.1) is 0 Å². The van der Waals surface area contributed by atoms with E-state index in [9.17, 15) is 4.79 Å². The van der Waals surface area contributed by atoms with E-state index in [1.54, 1.807) is 0 Å². The Morgan fingerprint density at radius 3 is 2.43 bits per heavy atom. The zero-order valence-electron chi connectivity index (χ0n) is 16.5. The Morgan fingerprint density at radius 1 is 0.964 bits per heavy atom. The number of aryl methyl sites for hydroxylation is 3. The molecule has 1 aliphatic heterocycles. The molecule has 0 radical (unpaired) electrons. The molecule has 1 amide bonds. The molecule has 142 valence electrons. The molecule has 0 spiro atoms. The molecule has 28 heavy (non-hydrogen) atoms. The fourth-order valence-electron chi connectivity index (χ4n) is 4.01. The summed E-state index contributed by atoms with van der Waals surface area (Å²) in [5.74, 6) is -0.0696. The predicted octanol–water partition coefficient (Wildman–Crippen LogP) is 5.51. The van der Waals surface area contributed by atoms with Crippen LogP contribution in [-0.2, 0) is 13.0 Å². The molecule has 1 heterocycles. The third kappa shape index (κ3) is 4.09. The molecule has 3 heteroatoms. The monoisotopic (exact) mass is 370 g/mol. The van der Waals surface area contributed by atoms with Crippen molar-refractivity contribution < 1.29 is 4.79 Å². The Balaban J connectivity index is 1.45. The zero-order chi connectivity index (χ0) is 19.5. The molecule has 3 aromatic carbocycles. The van der Waals surface area contributed by atoms with Crippen LogP contribution in [0.3, 0.4) is 0 Å². The van der Waals surface area contributed by atoms with Crippen LogP contribution >= 0.6 is 0 Å². The molecule has 0 aromatic heterocycles. The van der Waals surface area contributed by atoms with Crippen LogP contribution < -0.4 is 10.2 Å². The highest BCUT2D eigenvalue weighted by Crippen LogP contribution is 2.28. The van der Waals surface area contributed by atoms with E-state index >= 15 is 0 Å². The Morgan fingerprint density at radius 2 is 1.68 bits per heavy atom. The largest absolute Gasteiger partial charge is 0.367 e. The van der Waals surface area contributed by atoms with Crippen molar-refractivity contribution in [3.8, 4) is 0 Å². The van der Waals surface area contributed by atoms with Crippen molar-refractivity contribution in [1.29, 1.82) is 0 Å². The van der Waals surface area contributed by atoms with Gasteiger partial charge in [0.2, 0.25) is 0 Å². The van der Waals surface area contributed by atoms with Gasteiger partial charge >= 0.3 is 0 Å². The Kier molecular flexibility index (Phi) is 5.16. The van der Waals surface area contributed by atoms with Gasteiger partial charge in [0.05, 0.1) is 0 Å². The molecule has 1 N–H and O–H groups in total. The fraction of sp³-hybridized carbons (Fsp3) is 0.240. The number of carbonyl (C=O) groups is 1. The van der Waals surface area contributed by atoms with E-state index < -0.39 is 0 Å². The van der Waals surface area contributed by atoms with E-state index in [1.807, 2.05) is 38.1 Å². The van der Waals surface area contributed by atoms with Gasteiger partial charge in [0.15, 0.2) is 0 Å². The second-order valence-corrected chi connectivity index (χ2v) is 7.68. The van der Waals surface area contributed by atoms with E-state index in [0.717, 1.165) is 36.3 Å². The molecule has 1 aliphatic rings.